The Morgan fingerprint density at radius 1 is 1.04 bits per heavy atom. The van der Waals surface area contributed by atoms with E-state index in [-0.39, 0.29) is 12.0 Å². The first-order valence-electron chi connectivity index (χ1n) is 11.8. The van der Waals surface area contributed by atoms with Crippen LogP contribution in [0.4, 0.5) is 0 Å². The molecule has 1 amide bonds. The van der Waals surface area contributed by atoms with Gasteiger partial charge in [-0.15, -0.1) is 0 Å². The van der Waals surface area contributed by atoms with Crippen molar-refractivity contribution in [2.75, 3.05) is 0 Å². The lowest BCUT2D eigenvalue weighted by Crippen LogP contribution is -2.54. The summed E-state index contributed by atoms with van der Waals surface area (Å²) in [7, 11) is 0. The molecule has 3 heteroatoms. The lowest BCUT2D eigenvalue weighted by Gasteiger charge is -2.61. The number of primary amides is 1. The number of carbonyl (C=O) groups excluding carboxylic acids is 1. The van der Waals surface area contributed by atoms with Crippen molar-refractivity contribution in [3.63, 3.8) is 0 Å². The molecule has 3 N–H and O–H groups in total. The minimum atomic E-state index is -0.277. The summed E-state index contributed by atoms with van der Waals surface area (Å²) in [5.41, 5.74) is 7.08. The highest BCUT2D eigenvalue weighted by Gasteiger charge is 2.60. The third-order valence-electron chi connectivity index (χ3n) is 10.2. The van der Waals surface area contributed by atoms with E-state index in [0.717, 1.165) is 42.1 Å². The Morgan fingerprint density at radius 2 is 1.71 bits per heavy atom. The van der Waals surface area contributed by atoms with Crippen molar-refractivity contribution in [3.8, 4) is 0 Å². The van der Waals surface area contributed by atoms with Crippen LogP contribution in [-0.2, 0) is 4.79 Å². The van der Waals surface area contributed by atoms with Crippen LogP contribution in [0.1, 0.15) is 85.5 Å². The van der Waals surface area contributed by atoms with Crippen LogP contribution in [0.3, 0.4) is 0 Å². The predicted molar refractivity (Wildman–Crippen MR) is 113 cm³/mol. The highest BCUT2D eigenvalue weighted by atomic mass is 16.3. The summed E-state index contributed by atoms with van der Waals surface area (Å²) in [6.07, 6.45) is 13.4. The summed E-state index contributed by atoms with van der Waals surface area (Å²) in [5.74, 6) is 4.12. The number of amides is 1. The zero-order chi connectivity index (χ0) is 20.3. The molecule has 0 aromatic heterocycles. The number of hydrogen-bond acceptors (Lipinski definition) is 2. The second kappa shape index (κ2) is 7.15. The van der Waals surface area contributed by atoms with Crippen LogP contribution in [0, 0.1) is 46.3 Å². The highest BCUT2D eigenvalue weighted by molar-refractivity contribution is 5.91. The molecule has 0 aliphatic heterocycles. The number of nitrogens with two attached hydrogens (primary N) is 1. The Balaban J connectivity index is 1.55. The molecule has 0 bridgehead atoms. The summed E-state index contributed by atoms with van der Waals surface area (Å²) in [6.45, 7) is 9.30. The summed E-state index contributed by atoms with van der Waals surface area (Å²) in [6, 6.07) is 0. The Hall–Kier alpha value is -0.830. The molecule has 1 unspecified atom stereocenters. The molecule has 0 aromatic carbocycles. The molecule has 0 radical (unpaired) electrons. The fraction of sp³-hybridized carbons (Fsp3) is 0.880. The van der Waals surface area contributed by atoms with Gasteiger partial charge in [0.25, 0.3) is 0 Å². The largest absolute Gasteiger partial charge is 0.393 e. The van der Waals surface area contributed by atoms with Crippen molar-refractivity contribution < 1.29 is 9.90 Å². The maximum atomic E-state index is 11.5. The topological polar surface area (TPSA) is 63.3 Å². The molecular weight excluding hydrogens is 346 g/mol. The van der Waals surface area contributed by atoms with Gasteiger partial charge in [0.2, 0.25) is 5.91 Å². The zero-order valence-electron chi connectivity index (χ0n) is 18.4. The second-order valence-electron chi connectivity index (χ2n) is 11.4. The molecule has 4 aliphatic carbocycles. The monoisotopic (exact) mass is 387 g/mol. The Kier molecular flexibility index (Phi) is 5.22. The molecule has 28 heavy (non-hydrogen) atoms. The van der Waals surface area contributed by atoms with Crippen molar-refractivity contribution in [1.82, 2.24) is 0 Å². The minimum Gasteiger partial charge on any atom is -0.393 e. The van der Waals surface area contributed by atoms with Crippen LogP contribution >= 0.6 is 0 Å². The van der Waals surface area contributed by atoms with Gasteiger partial charge in [-0.05, 0) is 111 Å². The van der Waals surface area contributed by atoms with Crippen LogP contribution in [0.5, 0.6) is 0 Å². The molecule has 9 atom stereocenters. The summed E-state index contributed by atoms with van der Waals surface area (Å²) in [4.78, 5) is 11.5. The molecular formula is C25H41NO2. The van der Waals surface area contributed by atoms with E-state index in [1.54, 1.807) is 0 Å². The normalized spacial score (nSPS) is 49.7. The van der Waals surface area contributed by atoms with E-state index in [2.05, 4.69) is 26.8 Å². The highest BCUT2D eigenvalue weighted by Crippen LogP contribution is 2.68. The van der Waals surface area contributed by atoms with E-state index in [4.69, 9.17) is 5.73 Å². The number of allylic oxidation sites excluding steroid dienone is 1. The van der Waals surface area contributed by atoms with E-state index in [1.165, 1.54) is 44.9 Å². The van der Waals surface area contributed by atoms with E-state index < -0.39 is 0 Å². The van der Waals surface area contributed by atoms with Crippen LogP contribution in [0.25, 0.3) is 0 Å². The number of rotatable bonds is 3. The van der Waals surface area contributed by atoms with Gasteiger partial charge in [-0.3, -0.25) is 4.79 Å². The molecule has 0 heterocycles. The van der Waals surface area contributed by atoms with Crippen molar-refractivity contribution in [2.45, 2.75) is 91.6 Å². The molecule has 3 nitrogen and oxygen atoms in total. The van der Waals surface area contributed by atoms with Crippen LogP contribution < -0.4 is 5.73 Å². The zero-order valence-corrected chi connectivity index (χ0v) is 18.4. The number of hydrogen-bond donors (Lipinski definition) is 2. The third kappa shape index (κ3) is 3.07. The SMILES string of the molecule is CC(=C[C@@H](C)[C@H]1CC[C@H]2[C@@H]3CCC4C[C@@H](O)CC[C@]4(C)[C@H]3CC[C@]12C)C(N)=O. The van der Waals surface area contributed by atoms with Gasteiger partial charge in [0.15, 0.2) is 0 Å². The molecule has 0 spiro atoms. The first-order chi connectivity index (χ1) is 13.2. The van der Waals surface area contributed by atoms with Gasteiger partial charge in [0, 0.05) is 5.57 Å². The smallest absolute Gasteiger partial charge is 0.244 e. The molecule has 0 aromatic rings. The first-order valence-corrected chi connectivity index (χ1v) is 11.8. The predicted octanol–water partition coefficient (Wildman–Crippen LogP) is 5.07. The standard InChI is InChI=1S/C25H41NO2/c1-15(13-16(2)23(26)28)20-7-8-21-19-6-5-17-14-18(27)9-11-24(17,3)22(19)10-12-25(20,21)4/h13,15,17-22,27H,5-12,14H2,1-4H3,(H2,26,28)/t15-,17?,18+,19+,20-,21+,22+,24+,25-/m1/s1. The van der Waals surface area contributed by atoms with Gasteiger partial charge in [-0.1, -0.05) is 26.8 Å². The molecule has 4 aliphatic rings. The van der Waals surface area contributed by atoms with Gasteiger partial charge < -0.3 is 10.8 Å². The number of carbonyl (C=O) groups is 1. The van der Waals surface area contributed by atoms with E-state index >= 15 is 0 Å². The van der Waals surface area contributed by atoms with E-state index in [0.29, 0.717) is 22.7 Å². The van der Waals surface area contributed by atoms with Gasteiger partial charge in [0.05, 0.1) is 6.10 Å². The third-order valence-corrected chi connectivity index (χ3v) is 10.2. The first kappa shape index (κ1) is 20.4. The molecule has 4 rings (SSSR count). The molecule has 4 saturated carbocycles. The quantitative estimate of drug-likeness (QED) is 0.664. The fourth-order valence-corrected chi connectivity index (χ4v) is 8.73. The Morgan fingerprint density at radius 3 is 2.43 bits per heavy atom. The average Bonchev–Trinajstić information content (AvgIpc) is 2.99. The molecule has 0 saturated heterocycles. The number of aliphatic hydroxyl groups excluding tert-OH is 1. The number of fused-ring (bicyclic) bond motifs is 5. The van der Waals surface area contributed by atoms with Gasteiger partial charge in [-0.25, -0.2) is 0 Å². The fourth-order valence-electron chi connectivity index (χ4n) is 8.73. The lowest BCUT2D eigenvalue weighted by molar-refractivity contribution is -0.128. The number of aliphatic hydroxyl groups is 1. The summed E-state index contributed by atoms with van der Waals surface area (Å²) >= 11 is 0. The maximum Gasteiger partial charge on any atom is 0.244 e. The second-order valence-corrected chi connectivity index (χ2v) is 11.4. The van der Waals surface area contributed by atoms with Crippen molar-refractivity contribution >= 4 is 5.91 Å². The van der Waals surface area contributed by atoms with E-state index in [1.807, 2.05) is 6.92 Å². The minimum absolute atomic E-state index is 0.0551. The molecule has 4 fully saturated rings. The summed E-state index contributed by atoms with van der Waals surface area (Å²) in [5, 5.41) is 10.2. The van der Waals surface area contributed by atoms with Crippen LogP contribution in [-0.4, -0.2) is 17.1 Å². The van der Waals surface area contributed by atoms with Crippen molar-refractivity contribution in [2.24, 2.45) is 52.1 Å². The molecule has 158 valence electrons. The van der Waals surface area contributed by atoms with E-state index in [9.17, 15) is 9.90 Å². The van der Waals surface area contributed by atoms with Crippen molar-refractivity contribution in [1.29, 1.82) is 0 Å². The average molecular weight is 388 g/mol. The van der Waals surface area contributed by atoms with Gasteiger partial charge >= 0.3 is 0 Å². The van der Waals surface area contributed by atoms with Crippen molar-refractivity contribution in [3.05, 3.63) is 11.6 Å². The Labute approximate surface area is 171 Å². The van der Waals surface area contributed by atoms with Crippen LogP contribution in [0.15, 0.2) is 11.6 Å². The van der Waals surface area contributed by atoms with Gasteiger partial charge in [-0.2, -0.15) is 0 Å². The summed E-state index contributed by atoms with van der Waals surface area (Å²) < 4.78 is 0. The Bertz CT molecular complexity index is 657. The van der Waals surface area contributed by atoms with Crippen LogP contribution in [0.2, 0.25) is 0 Å². The lowest BCUT2D eigenvalue weighted by atomic mass is 9.44. The van der Waals surface area contributed by atoms with Gasteiger partial charge in [0.1, 0.15) is 0 Å². The maximum absolute atomic E-state index is 11.5.